The summed E-state index contributed by atoms with van der Waals surface area (Å²) < 4.78 is 10.8. The van der Waals surface area contributed by atoms with Crippen molar-refractivity contribution in [1.82, 2.24) is 0 Å². The standard InChI is InChI=1S/C19H28O3/c1-14(2)11-15-7-9-18(10-8-15)22-13-16-5-4-6-17(12-16)19(20)21-3/h7-10,14,16-17H,4-6,11-13H2,1-3H3/t16-,17?/m1/s1. The van der Waals surface area contributed by atoms with Crippen LogP contribution in [0, 0.1) is 17.8 Å². The first kappa shape index (κ1) is 16.9. The van der Waals surface area contributed by atoms with E-state index in [1.807, 2.05) is 0 Å². The van der Waals surface area contributed by atoms with Crippen molar-refractivity contribution in [3.63, 3.8) is 0 Å². The molecule has 0 amide bonds. The van der Waals surface area contributed by atoms with Crippen molar-refractivity contribution >= 4 is 5.97 Å². The second kappa shape index (κ2) is 8.21. The van der Waals surface area contributed by atoms with Crippen LogP contribution in [0.2, 0.25) is 0 Å². The van der Waals surface area contributed by atoms with Crippen molar-refractivity contribution in [1.29, 1.82) is 0 Å². The van der Waals surface area contributed by atoms with Crippen LogP contribution >= 0.6 is 0 Å². The van der Waals surface area contributed by atoms with Crippen LogP contribution in [-0.2, 0) is 16.0 Å². The third-order valence-corrected chi connectivity index (χ3v) is 4.37. The van der Waals surface area contributed by atoms with E-state index in [2.05, 4.69) is 38.1 Å². The lowest BCUT2D eigenvalue weighted by Crippen LogP contribution is -2.27. The maximum absolute atomic E-state index is 11.6. The van der Waals surface area contributed by atoms with E-state index < -0.39 is 0 Å². The van der Waals surface area contributed by atoms with Crippen LogP contribution in [0.4, 0.5) is 0 Å². The number of carbonyl (C=O) groups excluding carboxylic acids is 1. The minimum Gasteiger partial charge on any atom is -0.493 e. The molecule has 1 aromatic carbocycles. The third kappa shape index (κ3) is 5.04. The first-order valence-electron chi connectivity index (χ1n) is 8.38. The quantitative estimate of drug-likeness (QED) is 0.737. The summed E-state index contributed by atoms with van der Waals surface area (Å²) in [5.74, 6) is 2.04. The highest BCUT2D eigenvalue weighted by Crippen LogP contribution is 2.30. The Morgan fingerprint density at radius 3 is 2.59 bits per heavy atom. The fraction of sp³-hybridized carbons (Fsp3) is 0.632. The minimum absolute atomic E-state index is 0.0563. The lowest BCUT2D eigenvalue weighted by molar-refractivity contribution is -0.147. The number of benzene rings is 1. The van der Waals surface area contributed by atoms with Crippen molar-refractivity contribution in [2.24, 2.45) is 17.8 Å². The Morgan fingerprint density at radius 1 is 1.23 bits per heavy atom. The molecule has 0 saturated heterocycles. The molecular formula is C19H28O3. The van der Waals surface area contributed by atoms with E-state index in [1.165, 1.54) is 12.7 Å². The van der Waals surface area contributed by atoms with Crippen LogP contribution in [-0.4, -0.2) is 19.7 Å². The summed E-state index contributed by atoms with van der Waals surface area (Å²) in [6.45, 7) is 5.15. The molecule has 22 heavy (non-hydrogen) atoms. The zero-order valence-corrected chi connectivity index (χ0v) is 14.0. The molecule has 0 radical (unpaired) electrons. The SMILES string of the molecule is COC(=O)C1CCC[C@@H](COc2ccc(CC(C)C)cc2)C1. The van der Waals surface area contributed by atoms with Crippen LogP contribution in [0.1, 0.15) is 45.1 Å². The number of ether oxygens (including phenoxy) is 2. The highest BCUT2D eigenvalue weighted by molar-refractivity contribution is 5.72. The van der Waals surface area contributed by atoms with Crippen molar-refractivity contribution in [3.05, 3.63) is 29.8 Å². The Hall–Kier alpha value is -1.51. The topological polar surface area (TPSA) is 35.5 Å². The van der Waals surface area contributed by atoms with Gasteiger partial charge in [0.05, 0.1) is 19.6 Å². The Labute approximate surface area is 134 Å². The smallest absolute Gasteiger partial charge is 0.308 e. The molecule has 0 heterocycles. The normalized spacial score (nSPS) is 21.6. The number of hydrogen-bond donors (Lipinski definition) is 0. The molecule has 1 aliphatic rings. The van der Waals surface area contributed by atoms with E-state index in [0.717, 1.165) is 37.9 Å². The molecule has 0 bridgehead atoms. The number of hydrogen-bond acceptors (Lipinski definition) is 3. The second-order valence-electron chi connectivity index (χ2n) is 6.81. The molecule has 0 spiro atoms. The number of methoxy groups -OCH3 is 1. The molecule has 3 nitrogen and oxygen atoms in total. The molecule has 1 aliphatic carbocycles. The Morgan fingerprint density at radius 2 is 1.95 bits per heavy atom. The molecule has 1 unspecified atom stereocenters. The summed E-state index contributed by atoms with van der Waals surface area (Å²) in [5.41, 5.74) is 1.35. The van der Waals surface area contributed by atoms with E-state index in [1.54, 1.807) is 0 Å². The summed E-state index contributed by atoms with van der Waals surface area (Å²) in [4.78, 5) is 11.6. The van der Waals surface area contributed by atoms with Crippen LogP contribution < -0.4 is 4.74 Å². The van der Waals surface area contributed by atoms with Gasteiger partial charge in [0.15, 0.2) is 0 Å². The molecule has 3 heteroatoms. The van der Waals surface area contributed by atoms with Gasteiger partial charge < -0.3 is 9.47 Å². The largest absolute Gasteiger partial charge is 0.493 e. The van der Waals surface area contributed by atoms with Gasteiger partial charge in [0, 0.05) is 0 Å². The zero-order chi connectivity index (χ0) is 15.9. The summed E-state index contributed by atoms with van der Waals surface area (Å²) >= 11 is 0. The van der Waals surface area contributed by atoms with Gasteiger partial charge in [-0.05, 0) is 55.2 Å². The van der Waals surface area contributed by atoms with E-state index in [0.29, 0.717) is 18.4 Å². The predicted octanol–water partition coefficient (Wildman–Crippen LogP) is 4.24. The van der Waals surface area contributed by atoms with Crippen molar-refractivity contribution in [2.45, 2.75) is 46.0 Å². The first-order chi connectivity index (χ1) is 10.6. The van der Waals surface area contributed by atoms with Crippen LogP contribution in [0.5, 0.6) is 5.75 Å². The lowest BCUT2D eigenvalue weighted by atomic mass is 9.82. The number of rotatable bonds is 6. The molecule has 2 rings (SSSR count). The number of carbonyl (C=O) groups is 1. The minimum atomic E-state index is -0.0669. The van der Waals surface area contributed by atoms with Gasteiger partial charge in [0.2, 0.25) is 0 Å². The van der Waals surface area contributed by atoms with Crippen molar-refractivity contribution in [3.8, 4) is 5.75 Å². The van der Waals surface area contributed by atoms with Crippen LogP contribution in [0.15, 0.2) is 24.3 Å². The third-order valence-electron chi connectivity index (χ3n) is 4.37. The molecule has 0 aromatic heterocycles. The van der Waals surface area contributed by atoms with Gasteiger partial charge in [-0.15, -0.1) is 0 Å². The molecule has 0 aliphatic heterocycles. The highest BCUT2D eigenvalue weighted by Gasteiger charge is 2.28. The lowest BCUT2D eigenvalue weighted by Gasteiger charge is -2.27. The maximum Gasteiger partial charge on any atom is 0.308 e. The molecule has 2 atom stereocenters. The van der Waals surface area contributed by atoms with Crippen LogP contribution in [0.3, 0.4) is 0 Å². The Kier molecular flexibility index (Phi) is 6.29. The van der Waals surface area contributed by atoms with Crippen molar-refractivity contribution < 1.29 is 14.3 Å². The number of esters is 1. The molecular weight excluding hydrogens is 276 g/mol. The summed E-state index contributed by atoms with van der Waals surface area (Å²) in [5, 5.41) is 0. The molecule has 0 N–H and O–H groups in total. The summed E-state index contributed by atoms with van der Waals surface area (Å²) in [6.07, 6.45) is 5.16. The fourth-order valence-electron chi connectivity index (χ4n) is 3.23. The average molecular weight is 304 g/mol. The van der Waals surface area contributed by atoms with E-state index in [-0.39, 0.29) is 11.9 Å². The average Bonchev–Trinajstić information content (AvgIpc) is 2.53. The highest BCUT2D eigenvalue weighted by atomic mass is 16.5. The monoisotopic (exact) mass is 304 g/mol. The van der Waals surface area contributed by atoms with Gasteiger partial charge in [-0.1, -0.05) is 32.4 Å². The molecule has 1 aromatic rings. The summed E-state index contributed by atoms with van der Waals surface area (Å²) in [6, 6.07) is 8.40. The zero-order valence-electron chi connectivity index (χ0n) is 14.0. The summed E-state index contributed by atoms with van der Waals surface area (Å²) in [7, 11) is 1.47. The molecule has 1 fully saturated rings. The fourth-order valence-corrected chi connectivity index (χ4v) is 3.23. The van der Waals surface area contributed by atoms with Crippen molar-refractivity contribution in [2.75, 3.05) is 13.7 Å². The van der Waals surface area contributed by atoms with Crippen LogP contribution in [0.25, 0.3) is 0 Å². The van der Waals surface area contributed by atoms with Gasteiger partial charge in [0.25, 0.3) is 0 Å². The first-order valence-corrected chi connectivity index (χ1v) is 8.38. The second-order valence-corrected chi connectivity index (χ2v) is 6.81. The Bertz CT molecular complexity index is 464. The predicted molar refractivity (Wildman–Crippen MR) is 87.9 cm³/mol. The molecule has 122 valence electrons. The Balaban J connectivity index is 1.81. The maximum atomic E-state index is 11.6. The van der Waals surface area contributed by atoms with Gasteiger partial charge in [-0.2, -0.15) is 0 Å². The molecule has 1 saturated carbocycles. The van der Waals surface area contributed by atoms with Gasteiger partial charge in [-0.25, -0.2) is 0 Å². The van der Waals surface area contributed by atoms with E-state index in [9.17, 15) is 4.79 Å². The van der Waals surface area contributed by atoms with Gasteiger partial charge in [0.1, 0.15) is 5.75 Å². The van der Waals surface area contributed by atoms with E-state index >= 15 is 0 Å². The van der Waals surface area contributed by atoms with E-state index in [4.69, 9.17) is 9.47 Å². The van der Waals surface area contributed by atoms with Gasteiger partial charge in [-0.3, -0.25) is 4.79 Å². The van der Waals surface area contributed by atoms with Gasteiger partial charge >= 0.3 is 5.97 Å².